The molecule has 110 valence electrons. The molecule has 2 aliphatic rings. The Balaban J connectivity index is 2.06. The highest BCUT2D eigenvalue weighted by atomic mass is 16.5. The van der Waals surface area contributed by atoms with Crippen LogP contribution in [0.5, 0.6) is 0 Å². The molecular weight excluding hydrogens is 242 g/mol. The van der Waals surface area contributed by atoms with Crippen molar-refractivity contribution in [3.63, 3.8) is 0 Å². The fraction of sp³-hybridized carbons (Fsp3) is 0.933. The topological polar surface area (TPSA) is 38.8 Å². The lowest BCUT2D eigenvalue weighted by Crippen LogP contribution is -2.59. The number of carbonyl (C=O) groups is 1. The van der Waals surface area contributed by atoms with Crippen LogP contribution in [0.4, 0.5) is 0 Å². The van der Waals surface area contributed by atoms with Gasteiger partial charge < -0.3 is 14.3 Å². The number of morpholine rings is 1. The first-order chi connectivity index (χ1) is 8.76. The van der Waals surface area contributed by atoms with E-state index < -0.39 is 0 Å². The van der Waals surface area contributed by atoms with Gasteiger partial charge in [-0.2, -0.15) is 0 Å². The zero-order valence-corrected chi connectivity index (χ0v) is 12.7. The molecule has 0 unspecified atom stereocenters. The molecule has 0 saturated carbocycles. The van der Waals surface area contributed by atoms with Crippen molar-refractivity contribution in [3.8, 4) is 0 Å². The third kappa shape index (κ3) is 3.77. The Morgan fingerprint density at radius 3 is 2.05 bits per heavy atom. The monoisotopic (exact) mass is 269 g/mol. The van der Waals surface area contributed by atoms with Crippen LogP contribution in [0, 0.1) is 5.41 Å². The molecule has 0 atom stereocenters. The average Bonchev–Trinajstić information content (AvgIpc) is 2.25. The predicted octanol–water partition coefficient (Wildman–Crippen LogP) is 1.87. The third-order valence-corrected chi connectivity index (χ3v) is 4.04. The van der Waals surface area contributed by atoms with Crippen molar-refractivity contribution in [3.05, 3.63) is 0 Å². The maximum atomic E-state index is 11.6. The highest BCUT2D eigenvalue weighted by molar-refractivity contribution is 5.60. The van der Waals surface area contributed by atoms with Crippen molar-refractivity contribution in [1.82, 2.24) is 4.90 Å². The number of rotatable bonds is 3. The Bertz CT molecular complexity index is 316. The Kier molecular flexibility index (Phi) is 4.05. The van der Waals surface area contributed by atoms with E-state index in [-0.39, 0.29) is 16.6 Å². The largest absolute Gasteiger partial charge is 0.381 e. The first kappa shape index (κ1) is 14.9. The van der Waals surface area contributed by atoms with Crippen LogP contribution in [0.1, 0.15) is 40.5 Å². The molecule has 2 fully saturated rings. The molecule has 4 heteroatoms. The van der Waals surface area contributed by atoms with Gasteiger partial charge >= 0.3 is 0 Å². The number of nitrogens with zero attached hydrogens (tertiary/aromatic N) is 1. The van der Waals surface area contributed by atoms with Crippen LogP contribution in [-0.4, -0.2) is 55.2 Å². The summed E-state index contributed by atoms with van der Waals surface area (Å²) in [5.41, 5.74) is -0.532. The third-order valence-electron chi connectivity index (χ3n) is 4.04. The second kappa shape index (κ2) is 5.15. The summed E-state index contributed by atoms with van der Waals surface area (Å²) in [5, 5.41) is 0. The highest BCUT2D eigenvalue weighted by Crippen LogP contribution is 2.34. The Hall–Kier alpha value is -0.450. The van der Waals surface area contributed by atoms with Crippen LogP contribution in [0.25, 0.3) is 0 Å². The van der Waals surface area contributed by atoms with Gasteiger partial charge in [-0.3, -0.25) is 4.90 Å². The molecule has 0 radical (unpaired) electrons. The van der Waals surface area contributed by atoms with E-state index in [1.54, 1.807) is 0 Å². The summed E-state index contributed by atoms with van der Waals surface area (Å²) in [7, 11) is 0. The van der Waals surface area contributed by atoms with Gasteiger partial charge in [-0.15, -0.1) is 0 Å². The van der Waals surface area contributed by atoms with Gasteiger partial charge in [0, 0.05) is 38.3 Å². The smallest absolute Gasteiger partial charge is 0.127 e. The quantitative estimate of drug-likeness (QED) is 0.733. The lowest BCUT2D eigenvalue weighted by molar-refractivity contribution is -0.187. The maximum absolute atomic E-state index is 11.6. The second-order valence-corrected chi connectivity index (χ2v) is 7.36. The van der Waals surface area contributed by atoms with Crippen LogP contribution in [-0.2, 0) is 14.3 Å². The van der Waals surface area contributed by atoms with E-state index in [0.717, 1.165) is 38.8 Å². The number of hydrogen-bond donors (Lipinski definition) is 0. The van der Waals surface area contributed by atoms with Crippen molar-refractivity contribution in [2.45, 2.75) is 51.7 Å². The average molecular weight is 269 g/mol. The standard InChI is InChI=1S/C15H27NO3/c1-13(2)9-16(10-14(3,4)19-13)11-15(12-17)5-7-18-8-6-15/h12H,5-11H2,1-4H3. The van der Waals surface area contributed by atoms with Gasteiger partial charge in [0.2, 0.25) is 0 Å². The van der Waals surface area contributed by atoms with Gasteiger partial charge in [-0.1, -0.05) is 0 Å². The first-order valence-electron chi connectivity index (χ1n) is 7.23. The molecule has 0 spiro atoms. The van der Waals surface area contributed by atoms with E-state index in [1.807, 2.05) is 0 Å². The lowest BCUT2D eigenvalue weighted by Gasteiger charge is -2.49. The van der Waals surface area contributed by atoms with Crippen molar-refractivity contribution in [2.75, 3.05) is 32.8 Å². The van der Waals surface area contributed by atoms with Crippen LogP contribution in [0.2, 0.25) is 0 Å². The Morgan fingerprint density at radius 2 is 1.58 bits per heavy atom. The minimum atomic E-state index is -0.220. The molecule has 0 aliphatic carbocycles. The highest BCUT2D eigenvalue weighted by Gasteiger charge is 2.42. The van der Waals surface area contributed by atoms with Crippen molar-refractivity contribution in [2.24, 2.45) is 5.41 Å². The zero-order chi connectivity index (χ0) is 14.1. The van der Waals surface area contributed by atoms with E-state index >= 15 is 0 Å². The summed E-state index contributed by atoms with van der Waals surface area (Å²) in [6, 6.07) is 0. The number of carbonyl (C=O) groups excluding carboxylic acids is 1. The molecule has 0 aromatic heterocycles. The number of hydrogen-bond acceptors (Lipinski definition) is 4. The molecule has 2 aliphatic heterocycles. The maximum Gasteiger partial charge on any atom is 0.127 e. The van der Waals surface area contributed by atoms with E-state index in [2.05, 4.69) is 32.6 Å². The summed E-state index contributed by atoms with van der Waals surface area (Å²) < 4.78 is 11.5. The van der Waals surface area contributed by atoms with E-state index in [0.29, 0.717) is 13.2 Å². The summed E-state index contributed by atoms with van der Waals surface area (Å²) in [5.74, 6) is 0. The summed E-state index contributed by atoms with van der Waals surface area (Å²) in [6.07, 6.45) is 2.84. The van der Waals surface area contributed by atoms with E-state index in [9.17, 15) is 4.79 Å². The first-order valence-corrected chi connectivity index (χ1v) is 7.23. The second-order valence-electron chi connectivity index (χ2n) is 7.36. The van der Waals surface area contributed by atoms with E-state index in [1.165, 1.54) is 0 Å². The van der Waals surface area contributed by atoms with Crippen molar-refractivity contribution in [1.29, 1.82) is 0 Å². The molecule has 2 rings (SSSR count). The molecule has 4 nitrogen and oxygen atoms in total. The molecule has 19 heavy (non-hydrogen) atoms. The molecule has 2 saturated heterocycles. The molecule has 2 heterocycles. The van der Waals surface area contributed by atoms with Crippen LogP contribution < -0.4 is 0 Å². The van der Waals surface area contributed by atoms with Crippen LogP contribution >= 0.6 is 0 Å². The van der Waals surface area contributed by atoms with Crippen molar-refractivity contribution < 1.29 is 14.3 Å². The minimum Gasteiger partial charge on any atom is -0.381 e. The van der Waals surface area contributed by atoms with Gasteiger partial charge in [0.05, 0.1) is 11.2 Å². The normalized spacial score (nSPS) is 29.9. The van der Waals surface area contributed by atoms with Gasteiger partial charge in [-0.05, 0) is 40.5 Å². The van der Waals surface area contributed by atoms with Crippen LogP contribution in [0.3, 0.4) is 0 Å². The fourth-order valence-electron chi connectivity index (χ4n) is 3.59. The summed E-state index contributed by atoms with van der Waals surface area (Å²) >= 11 is 0. The minimum absolute atomic E-state index is 0.156. The lowest BCUT2D eigenvalue weighted by atomic mass is 9.80. The zero-order valence-electron chi connectivity index (χ0n) is 12.7. The SMILES string of the molecule is CC1(C)CN(CC2(C=O)CCOCC2)CC(C)(C)O1. The summed E-state index contributed by atoms with van der Waals surface area (Å²) in [4.78, 5) is 14.0. The Morgan fingerprint density at radius 1 is 1.05 bits per heavy atom. The van der Waals surface area contributed by atoms with Gasteiger partial charge in [0.25, 0.3) is 0 Å². The molecule has 0 bridgehead atoms. The van der Waals surface area contributed by atoms with E-state index in [4.69, 9.17) is 9.47 Å². The fourth-order valence-corrected chi connectivity index (χ4v) is 3.59. The molecule has 0 aromatic carbocycles. The molecular formula is C15H27NO3. The molecule has 0 N–H and O–H groups in total. The summed E-state index contributed by atoms with van der Waals surface area (Å²) in [6.45, 7) is 12.5. The van der Waals surface area contributed by atoms with Gasteiger partial charge in [0.1, 0.15) is 6.29 Å². The predicted molar refractivity (Wildman–Crippen MR) is 74.2 cm³/mol. The molecule has 0 amide bonds. The Labute approximate surface area is 116 Å². The van der Waals surface area contributed by atoms with Crippen molar-refractivity contribution >= 4 is 6.29 Å². The van der Waals surface area contributed by atoms with Crippen LogP contribution in [0.15, 0.2) is 0 Å². The van der Waals surface area contributed by atoms with Gasteiger partial charge in [0.15, 0.2) is 0 Å². The van der Waals surface area contributed by atoms with Gasteiger partial charge in [-0.25, -0.2) is 0 Å². The number of aldehydes is 1. The molecule has 0 aromatic rings. The number of ether oxygens (including phenoxy) is 2.